The number of benzene rings is 1. The maximum absolute atomic E-state index is 13.1. The van der Waals surface area contributed by atoms with E-state index in [0.29, 0.717) is 23.6 Å². The van der Waals surface area contributed by atoms with Crippen LogP contribution in [-0.4, -0.2) is 40.3 Å². The molecule has 1 fully saturated rings. The number of nitrogens with zero attached hydrogens (tertiary/aromatic N) is 3. The van der Waals surface area contributed by atoms with E-state index in [1.807, 2.05) is 47.0 Å². The highest BCUT2D eigenvalue weighted by Crippen LogP contribution is 2.34. The Morgan fingerprint density at radius 3 is 3.04 bits per heavy atom. The molecule has 0 saturated carbocycles. The van der Waals surface area contributed by atoms with Gasteiger partial charge in [0.05, 0.1) is 19.7 Å². The molecular weight excluding hydrogens is 318 g/mol. The summed E-state index contributed by atoms with van der Waals surface area (Å²) < 4.78 is 13.2. The van der Waals surface area contributed by atoms with E-state index >= 15 is 0 Å². The summed E-state index contributed by atoms with van der Waals surface area (Å²) in [5, 5.41) is 5.18. The zero-order valence-corrected chi connectivity index (χ0v) is 14.4. The number of hydrogen-bond donors (Lipinski definition) is 0. The molecule has 6 heteroatoms. The molecule has 130 valence electrons. The molecule has 0 radical (unpaired) electrons. The van der Waals surface area contributed by atoms with Crippen molar-refractivity contribution in [1.82, 2.24) is 14.7 Å². The van der Waals surface area contributed by atoms with E-state index in [4.69, 9.17) is 9.15 Å². The summed E-state index contributed by atoms with van der Waals surface area (Å²) in [6.07, 6.45) is 5.67. The van der Waals surface area contributed by atoms with E-state index in [0.717, 1.165) is 30.3 Å². The van der Waals surface area contributed by atoms with Crippen LogP contribution in [0.4, 0.5) is 0 Å². The second-order valence-corrected chi connectivity index (χ2v) is 6.42. The van der Waals surface area contributed by atoms with Gasteiger partial charge < -0.3 is 14.1 Å². The van der Waals surface area contributed by atoms with Crippen molar-refractivity contribution in [2.24, 2.45) is 0 Å². The Labute approximate surface area is 146 Å². The largest absolute Gasteiger partial charge is 0.493 e. The maximum Gasteiger partial charge on any atom is 0.290 e. The number of aryl methyl sites for hydroxylation is 1. The number of likely N-dealkylation sites (tertiary alicyclic amines) is 1. The van der Waals surface area contributed by atoms with Gasteiger partial charge in [0.2, 0.25) is 0 Å². The zero-order chi connectivity index (χ0) is 17.4. The summed E-state index contributed by atoms with van der Waals surface area (Å²) in [4.78, 5) is 15.1. The third-order valence-corrected chi connectivity index (χ3v) is 4.94. The lowest BCUT2D eigenvalue weighted by molar-refractivity contribution is 0.0690. The Hall–Kier alpha value is -2.76. The van der Waals surface area contributed by atoms with Crippen molar-refractivity contribution in [2.45, 2.75) is 32.4 Å². The summed E-state index contributed by atoms with van der Waals surface area (Å²) in [6.45, 7) is 3.39. The number of para-hydroxylation sites is 1. The SMILES string of the molecule is COc1cccc2c(C)c(C(=O)N3CCC[C@@H]3Cn3cccn3)oc12. The molecule has 1 aliphatic rings. The van der Waals surface area contributed by atoms with Crippen molar-refractivity contribution in [3.8, 4) is 5.75 Å². The number of amides is 1. The lowest BCUT2D eigenvalue weighted by Gasteiger charge is -2.24. The Morgan fingerprint density at radius 2 is 2.28 bits per heavy atom. The molecule has 0 unspecified atom stereocenters. The molecule has 3 heterocycles. The monoisotopic (exact) mass is 339 g/mol. The van der Waals surface area contributed by atoms with E-state index in [-0.39, 0.29) is 11.9 Å². The van der Waals surface area contributed by atoms with Crippen LogP contribution in [0.15, 0.2) is 41.1 Å². The molecule has 3 aromatic rings. The second-order valence-electron chi connectivity index (χ2n) is 6.42. The molecule has 1 saturated heterocycles. The average molecular weight is 339 g/mol. The molecule has 1 atom stereocenters. The van der Waals surface area contributed by atoms with Gasteiger partial charge in [-0.25, -0.2) is 0 Å². The van der Waals surface area contributed by atoms with Crippen LogP contribution in [-0.2, 0) is 6.54 Å². The predicted molar refractivity (Wildman–Crippen MR) is 93.8 cm³/mol. The number of furan rings is 1. The lowest BCUT2D eigenvalue weighted by atomic mass is 10.1. The van der Waals surface area contributed by atoms with Crippen molar-refractivity contribution < 1.29 is 13.9 Å². The van der Waals surface area contributed by atoms with Gasteiger partial charge in [0.1, 0.15) is 0 Å². The quantitative estimate of drug-likeness (QED) is 0.732. The van der Waals surface area contributed by atoms with Gasteiger partial charge >= 0.3 is 0 Å². The molecule has 2 aromatic heterocycles. The Kier molecular flexibility index (Phi) is 3.95. The number of rotatable bonds is 4. The molecule has 0 bridgehead atoms. The van der Waals surface area contributed by atoms with Crippen LogP contribution in [0.3, 0.4) is 0 Å². The number of methoxy groups -OCH3 is 1. The third-order valence-electron chi connectivity index (χ3n) is 4.94. The van der Waals surface area contributed by atoms with Crippen molar-refractivity contribution in [2.75, 3.05) is 13.7 Å². The predicted octanol–water partition coefficient (Wildman–Crippen LogP) is 3.25. The van der Waals surface area contributed by atoms with Crippen LogP contribution in [0.25, 0.3) is 11.0 Å². The lowest BCUT2D eigenvalue weighted by Crippen LogP contribution is -2.38. The molecule has 0 N–H and O–H groups in total. The normalized spacial score (nSPS) is 17.4. The zero-order valence-electron chi connectivity index (χ0n) is 14.4. The molecular formula is C19H21N3O3. The third kappa shape index (κ3) is 2.67. The Balaban J connectivity index is 1.66. The van der Waals surface area contributed by atoms with Crippen molar-refractivity contribution >= 4 is 16.9 Å². The van der Waals surface area contributed by atoms with E-state index < -0.39 is 0 Å². The molecule has 1 aromatic carbocycles. The van der Waals surface area contributed by atoms with Gasteiger partial charge in [0.25, 0.3) is 5.91 Å². The van der Waals surface area contributed by atoms with Gasteiger partial charge in [-0.15, -0.1) is 0 Å². The van der Waals surface area contributed by atoms with Crippen molar-refractivity contribution in [1.29, 1.82) is 0 Å². The molecule has 0 spiro atoms. The number of hydrogen-bond acceptors (Lipinski definition) is 4. The minimum atomic E-state index is -0.0505. The maximum atomic E-state index is 13.1. The molecule has 1 amide bonds. The van der Waals surface area contributed by atoms with Crippen LogP contribution in [0, 0.1) is 6.92 Å². The average Bonchev–Trinajstić information content (AvgIpc) is 3.36. The summed E-state index contributed by atoms with van der Waals surface area (Å²) in [5.41, 5.74) is 1.50. The van der Waals surface area contributed by atoms with Gasteiger partial charge in [-0.3, -0.25) is 9.48 Å². The highest BCUT2D eigenvalue weighted by Gasteiger charge is 2.33. The van der Waals surface area contributed by atoms with E-state index in [1.54, 1.807) is 13.3 Å². The van der Waals surface area contributed by atoms with Crippen LogP contribution < -0.4 is 4.74 Å². The first-order valence-electron chi connectivity index (χ1n) is 8.53. The van der Waals surface area contributed by atoms with Gasteiger partial charge in [0.15, 0.2) is 17.1 Å². The molecule has 4 rings (SSSR count). The molecule has 0 aliphatic carbocycles. The van der Waals surface area contributed by atoms with Crippen LogP contribution >= 0.6 is 0 Å². The molecule has 1 aliphatic heterocycles. The summed E-state index contributed by atoms with van der Waals surface area (Å²) >= 11 is 0. The van der Waals surface area contributed by atoms with Crippen LogP contribution in [0.2, 0.25) is 0 Å². The minimum absolute atomic E-state index is 0.0505. The fourth-order valence-electron chi connectivity index (χ4n) is 3.63. The number of fused-ring (bicyclic) bond motifs is 1. The summed E-state index contributed by atoms with van der Waals surface area (Å²) in [6, 6.07) is 7.75. The second kappa shape index (κ2) is 6.27. The highest BCUT2D eigenvalue weighted by atomic mass is 16.5. The van der Waals surface area contributed by atoms with E-state index in [1.165, 1.54) is 0 Å². The van der Waals surface area contributed by atoms with Gasteiger partial charge in [-0.2, -0.15) is 5.10 Å². The number of carbonyl (C=O) groups excluding carboxylic acids is 1. The standard InChI is InChI=1S/C19H21N3O3/c1-13-15-7-3-8-16(24-2)18(15)25-17(13)19(23)22-11-4-6-14(22)12-21-10-5-9-20-21/h3,5,7-10,14H,4,6,11-12H2,1-2H3/t14-/m1/s1. The fraction of sp³-hybridized carbons (Fsp3) is 0.368. The van der Waals surface area contributed by atoms with Crippen LogP contribution in [0.1, 0.15) is 29.0 Å². The van der Waals surface area contributed by atoms with Gasteiger partial charge in [-0.05, 0) is 31.9 Å². The number of carbonyl (C=O) groups is 1. The Morgan fingerprint density at radius 1 is 1.40 bits per heavy atom. The number of ether oxygens (including phenoxy) is 1. The molecule has 6 nitrogen and oxygen atoms in total. The smallest absolute Gasteiger partial charge is 0.290 e. The van der Waals surface area contributed by atoms with Crippen molar-refractivity contribution in [3.63, 3.8) is 0 Å². The highest BCUT2D eigenvalue weighted by molar-refractivity contribution is 6.00. The first-order valence-corrected chi connectivity index (χ1v) is 8.53. The van der Waals surface area contributed by atoms with E-state index in [9.17, 15) is 4.79 Å². The first kappa shape index (κ1) is 15.7. The van der Waals surface area contributed by atoms with Gasteiger partial charge in [0, 0.05) is 29.9 Å². The molecule has 25 heavy (non-hydrogen) atoms. The summed E-state index contributed by atoms with van der Waals surface area (Å²) in [5.74, 6) is 1.01. The van der Waals surface area contributed by atoms with Gasteiger partial charge in [-0.1, -0.05) is 12.1 Å². The Bertz CT molecular complexity index is 898. The van der Waals surface area contributed by atoms with Crippen LogP contribution in [0.5, 0.6) is 5.75 Å². The van der Waals surface area contributed by atoms with E-state index in [2.05, 4.69) is 5.10 Å². The topological polar surface area (TPSA) is 60.5 Å². The summed E-state index contributed by atoms with van der Waals surface area (Å²) in [7, 11) is 1.61. The number of aromatic nitrogens is 2. The minimum Gasteiger partial charge on any atom is -0.493 e. The fourth-order valence-corrected chi connectivity index (χ4v) is 3.63. The first-order chi connectivity index (χ1) is 12.2. The van der Waals surface area contributed by atoms with Crippen molar-refractivity contribution in [3.05, 3.63) is 48.0 Å².